The second-order valence-corrected chi connectivity index (χ2v) is 9.44. The summed E-state index contributed by atoms with van der Waals surface area (Å²) in [5, 5.41) is 10.8. The Balaban J connectivity index is 1.06. The first-order chi connectivity index (χ1) is 18.2. The van der Waals surface area contributed by atoms with Gasteiger partial charge in [0.25, 0.3) is 0 Å². The number of anilines is 2. The van der Waals surface area contributed by atoms with Crippen LogP contribution >= 0.6 is 0 Å². The molecule has 3 heterocycles. The van der Waals surface area contributed by atoms with Gasteiger partial charge < -0.3 is 19.9 Å². The van der Waals surface area contributed by atoms with Crippen molar-refractivity contribution in [1.29, 1.82) is 0 Å². The summed E-state index contributed by atoms with van der Waals surface area (Å²) in [7, 11) is 0. The Morgan fingerprint density at radius 3 is 2.39 bits per heavy atom. The van der Waals surface area contributed by atoms with Crippen molar-refractivity contribution < 1.29 is 27.5 Å². The molecule has 0 radical (unpaired) electrons. The molecule has 2 aliphatic heterocycles. The molecule has 2 amide bonds. The number of hydrogen-bond donors (Lipinski definition) is 1. The summed E-state index contributed by atoms with van der Waals surface area (Å²) in [6.45, 7) is 2.09. The third-order valence-corrected chi connectivity index (χ3v) is 6.69. The summed E-state index contributed by atoms with van der Waals surface area (Å²) in [5.74, 6) is 1.05. The zero-order chi connectivity index (χ0) is 26.7. The summed E-state index contributed by atoms with van der Waals surface area (Å²) in [4.78, 5) is 28.8. The molecule has 0 aliphatic carbocycles. The van der Waals surface area contributed by atoms with Crippen LogP contribution in [0.2, 0.25) is 0 Å². The molecular formula is C27H26F3N5O3. The number of rotatable bonds is 7. The van der Waals surface area contributed by atoms with Crippen LogP contribution in [0.3, 0.4) is 0 Å². The van der Waals surface area contributed by atoms with Crippen molar-refractivity contribution in [3.8, 4) is 5.75 Å². The summed E-state index contributed by atoms with van der Waals surface area (Å²) in [5.41, 5.74) is 0.468. The van der Waals surface area contributed by atoms with Crippen LogP contribution in [0.25, 0.3) is 0 Å². The van der Waals surface area contributed by atoms with Crippen LogP contribution in [0.5, 0.6) is 5.75 Å². The molecule has 3 aromatic rings. The minimum absolute atomic E-state index is 0.0384. The Morgan fingerprint density at radius 2 is 1.74 bits per heavy atom. The van der Waals surface area contributed by atoms with Gasteiger partial charge in [0.2, 0.25) is 11.8 Å². The number of ether oxygens (including phenoxy) is 1. The van der Waals surface area contributed by atoms with Gasteiger partial charge in [0.1, 0.15) is 11.9 Å². The maximum atomic E-state index is 12.7. The summed E-state index contributed by atoms with van der Waals surface area (Å²) >= 11 is 0. The van der Waals surface area contributed by atoms with E-state index < -0.39 is 11.7 Å². The van der Waals surface area contributed by atoms with E-state index in [0.717, 1.165) is 18.0 Å². The third kappa shape index (κ3) is 6.04. The second-order valence-electron chi connectivity index (χ2n) is 9.44. The minimum Gasteiger partial charge on any atom is -0.489 e. The second kappa shape index (κ2) is 10.7. The van der Waals surface area contributed by atoms with E-state index >= 15 is 0 Å². The fraction of sp³-hybridized carbons (Fsp3) is 0.333. The lowest BCUT2D eigenvalue weighted by Crippen LogP contribution is -2.52. The van der Waals surface area contributed by atoms with Crippen LogP contribution in [0.1, 0.15) is 17.5 Å². The van der Waals surface area contributed by atoms with E-state index in [4.69, 9.17) is 4.74 Å². The molecule has 5 rings (SSSR count). The van der Waals surface area contributed by atoms with Crippen LogP contribution in [0, 0.1) is 5.92 Å². The van der Waals surface area contributed by atoms with Crippen molar-refractivity contribution in [2.45, 2.75) is 25.1 Å². The summed E-state index contributed by atoms with van der Waals surface area (Å²) in [6.07, 6.45) is -2.29. The maximum absolute atomic E-state index is 12.7. The molecule has 11 heteroatoms. The SMILES string of the molecule is O=C(Nc1ccc(OC2CCN(C(=O)Cc3ccc(C(F)(F)F)cc3)C2)cc1)C1CN(c2cccnn2)C1. The highest BCUT2D eigenvalue weighted by Crippen LogP contribution is 2.29. The Bertz CT molecular complexity index is 1260. The highest BCUT2D eigenvalue weighted by molar-refractivity contribution is 5.94. The predicted octanol–water partition coefficient (Wildman–Crippen LogP) is 3.79. The molecule has 198 valence electrons. The lowest BCUT2D eigenvalue weighted by atomic mass is 9.99. The molecule has 2 saturated heterocycles. The van der Waals surface area contributed by atoms with Gasteiger partial charge in [0, 0.05) is 37.9 Å². The number of aromatic nitrogens is 2. The molecular weight excluding hydrogens is 499 g/mol. The first-order valence-electron chi connectivity index (χ1n) is 12.3. The summed E-state index contributed by atoms with van der Waals surface area (Å²) in [6, 6.07) is 15.4. The van der Waals surface area contributed by atoms with Crippen molar-refractivity contribution in [2.24, 2.45) is 5.92 Å². The number of carbonyl (C=O) groups is 2. The number of carbonyl (C=O) groups excluding carboxylic acids is 2. The molecule has 0 spiro atoms. The first kappa shape index (κ1) is 25.5. The Kier molecular flexibility index (Phi) is 7.17. The number of alkyl halides is 3. The number of halogens is 3. The van der Waals surface area contributed by atoms with E-state index in [0.29, 0.717) is 49.6 Å². The van der Waals surface area contributed by atoms with Crippen LogP contribution in [-0.2, 0) is 22.2 Å². The Morgan fingerprint density at radius 1 is 1.00 bits per heavy atom. The zero-order valence-corrected chi connectivity index (χ0v) is 20.4. The van der Waals surface area contributed by atoms with E-state index in [1.807, 2.05) is 17.0 Å². The number of benzene rings is 2. The zero-order valence-electron chi connectivity index (χ0n) is 20.4. The Labute approximate surface area is 217 Å². The maximum Gasteiger partial charge on any atom is 0.416 e. The highest BCUT2D eigenvalue weighted by Gasteiger charge is 2.34. The molecule has 38 heavy (non-hydrogen) atoms. The van der Waals surface area contributed by atoms with Gasteiger partial charge >= 0.3 is 6.18 Å². The van der Waals surface area contributed by atoms with Crippen molar-refractivity contribution in [1.82, 2.24) is 15.1 Å². The molecule has 1 unspecified atom stereocenters. The molecule has 8 nitrogen and oxygen atoms in total. The quantitative estimate of drug-likeness (QED) is 0.505. The smallest absolute Gasteiger partial charge is 0.416 e. The number of likely N-dealkylation sites (tertiary alicyclic amines) is 1. The topological polar surface area (TPSA) is 87.7 Å². The van der Waals surface area contributed by atoms with Crippen LogP contribution in [0.4, 0.5) is 24.7 Å². The fourth-order valence-electron chi connectivity index (χ4n) is 4.50. The van der Waals surface area contributed by atoms with Crippen molar-refractivity contribution in [2.75, 3.05) is 36.4 Å². The number of nitrogens with one attached hydrogen (secondary N) is 1. The van der Waals surface area contributed by atoms with Crippen LogP contribution in [-0.4, -0.2) is 59.2 Å². The van der Waals surface area contributed by atoms with Crippen LogP contribution in [0.15, 0.2) is 66.9 Å². The van der Waals surface area contributed by atoms with Gasteiger partial charge in [0.15, 0.2) is 5.82 Å². The fourth-order valence-corrected chi connectivity index (χ4v) is 4.50. The average molecular weight is 526 g/mol. The van der Waals surface area contributed by atoms with Crippen LogP contribution < -0.4 is 15.0 Å². The standard InChI is InChI=1S/C27H26F3N5O3/c28-27(29,30)20-5-3-18(4-6-20)14-25(36)34-13-11-23(17-34)38-22-9-7-21(8-10-22)32-26(37)19-15-35(16-19)24-2-1-12-31-33-24/h1-10,12,19,23H,11,13-17H2,(H,32,37). The van der Waals surface area contributed by atoms with Gasteiger partial charge in [0.05, 0.1) is 24.4 Å². The van der Waals surface area contributed by atoms with Gasteiger partial charge in [-0.05, 0) is 54.1 Å². The van der Waals surface area contributed by atoms with E-state index in [2.05, 4.69) is 15.5 Å². The lowest BCUT2D eigenvalue weighted by molar-refractivity contribution is -0.137. The molecule has 1 N–H and O–H groups in total. The van der Waals surface area contributed by atoms with Gasteiger partial charge in [-0.25, -0.2) is 0 Å². The van der Waals surface area contributed by atoms with E-state index in [-0.39, 0.29) is 30.3 Å². The molecule has 2 aromatic carbocycles. The van der Waals surface area contributed by atoms with Crippen molar-refractivity contribution in [3.05, 3.63) is 78.0 Å². The first-order valence-corrected chi connectivity index (χ1v) is 12.3. The Hall–Kier alpha value is -4.15. The normalized spacial score (nSPS) is 17.7. The number of hydrogen-bond acceptors (Lipinski definition) is 6. The monoisotopic (exact) mass is 525 g/mol. The van der Waals surface area contributed by atoms with Crippen molar-refractivity contribution >= 4 is 23.3 Å². The largest absolute Gasteiger partial charge is 0.489 e. The predicted molar refractivity (Wildman–Crippen MR) is 134 cm³/mol. The number of amides is 2. The average Bonchev–Trinajstić information content (AvgIpc) is 3.33. The number of nitrogens with zero attached hydrogens (tertiary/aromatic N) is 4. The van der Waals surface area contributed by atoms with E-state index in [9.17, 15) is 22.8 Å². The third-order valence-electron chi connectivity index (χ3n) is 6.69. The molecule has 0 saturated carbocycles. The van der Waals surface area contributed by atoms with Gasteiger partial charge in [-0.3, -0.25) is 9.59 Å². The molecule has 0 bridgehead atoms. The molecule has 1 aromatic heterocycles. The summed E-state index contributed by atoms with van der Waals surface area (Å²) < 4.78 is 44.2. The van der Waals surface area contributed by atoms with E-state index in [1.54, 1.807) is 35.4 Å². The van der Waals surface area contributed by atoms with Gasteiger partial charge in [-0.1, -0.05) is 12.1 Å². The molecule has 2 fully saturated rings. The van der Waals surface area contributed by atoms with Gasteiger partial charge in [-0.15, -0.1) is 5.10 Å². The highest BCUT2D eigenvalue weighted by atomic mass is 19.4. The van der Waals surface area contributed by atoms with Crippen molar-refractivity contribution in [3.63, 3.8) is 0 Å². The van der Waals surface area contributed by atoms with Gasteiger partial charge in [-0.2, -0.15) is 18.3 Å². The lowest BCUT2D eigenvalue weighted by Gasteiger charge is -2.38. The minimum atomic E-state index is -4.40. The molecule has 1 atom stereocenters. The molecule has 2 aliphatic rings. The van der Waals surface area contributed by atoms with E-state index in [1.165, 1.54) is 12.1 Å².